The Bertz CT molecular complexity index is 1220. The highest BCUT2D eigenvalue weighted by molar-refractivity contribution is 5.88. The topological polar surface area (TPSA) is 202 Å². The lowest BCUT2D eigenvalue weighted by atomic mass is 9.78. The SMILES string of the molecule is CC(C)[C@H](NC(=O)C[C@H](O)[C@H](Cc1cc(F)cc(F)c1)NC(=O)CCC(C=O)N(C)C)C(=O)NC1CC(C(=O)O)CC(C(=O)O)C1. The average molecular weight is 655 g/mol. The Morgan fingerprint density at radius 1 is 0.935 bits per heavy atom. The van der Waals surface area contributed by atoms with Crippen molar-refractivity contribution in [1.82, 2.24) is 20.9 Å². The zero-order valence-corrected chi connectivity index (χ0v) is 26.4. The van der Waals surface area contributed by atoms with Crippen molar-refractivity contribution in [3.05, 3.63) is 35.4 Å². The molecule has 1 saturated carbocycles. The summed E-state index contributed by atoms with van der Waals surface area (Å²) >= 11 is 0. The van der Waals surface area contributed by atoms with Crippen molar-refractivity contribution >= 4 is 35.9 Å². The summed E-state index contributed by atoms with van der Waals surface area (Å²) in [5, 5.41) is 37.7. The maximum Gasteiger partial charge on any atom is 0.306 e. The van der Waals surface area contributed by atoms with E-state index in [1.54, 1.807) is 32.8 Å². The smallest absolute Gasteiger partial charge is 0.306 e. The first-order valence-corrected chi connectivity index (χ1v) is 15.1. The molecule has 6 N–H and O–H groups in total. The van der Waals surface area contributed by atoms with Gasteiger partial charge in [-0.1, -0.05) is 13.8 Å². The molecule has 1 aliphatic carbocycles. The minimum atomic E-state index is -1.56. The number of hydrogen-bond donors (Lipinski definition) is 6. The number of hydrogen-bond acceptors (Lipinski definition) is 8. The highest BCUT2D eigenvalue weighted by Gasteiger charge is 2.38. The third-order valence-corrected chi connectivity index (χ3v) is 8.09. The summed E-state index contributed by atoms with van der Waals surface area (Å²) in [4.78, 5) is 75.0. The average Bonchev–Trinajstić information content (AvgIpc) is 2.94. The van der Waals surface area contributed by atoms with Crippen molar-refractivity contribution in [2.24, 2.45) is 17.8 Å². The molecule has 13 nitrogen and oxygen atoms in total. The summed E-state index contributed by atoms with van der Waals surface area (Å²) in [5.74, 6) is -8.50. The van der Waals surface area contributed by atoms with Gasteiger partial charge in [0.25, 0.3) is 0 Å². The molecule has 6 atom stereocenters. The van der Waals surface area contributed by atoms with Crippen molar-refractivity contribution in [1.29, 1.82) is 0 Å². The molecule has 0 spiro atoms. The third kappa shape index (κ3) is 12.1. The number of halogens is 2. The fraction of sp³-hybridized carbons (Fsp3) is 0.613. The molecule has 1 aliphatic rings. The summed E-state index contributed by atoms with van der Waals surface area (Å²) in [6, 6.07) is -0.904. The van der Waals surface area contributed by atoms with Crippen molar-refractivity contribution in [2.45, 2.75) is 89.1 Å². The van der Waals surface area contributed by atoms with Gasteiger partial charge in [-0.3, -0.25) is 28.9 Å². The number of aliphatic hydroxyl groups excluding tert-OH is 1. The predicted octanol–water partition coefficient (Wildman–Crippen LogP) is 0.864. The number of carbonyl (C=O) groups excluding carboxylic acids is 4. The molecule has 0 heterocycles. The number of aliphatic carboxylic acids is 2. The molecule has 1 fully saturated rings. The summed E-state index contributed by atoms with van der Waals surface area (Å²) in [6.45, 7) is 3.29. The molecule has 0 aromatic heterocycles. The second-order valence-corrected chi connectivity index (χ2v) is 12.4. The monoisotopic (exact) mass is 654 g/mol. The summed E-state index contributed by atoms with van der Waals surface area (Å²) < 4.78 is 27.7. The van der Waals surface area contributed by atoms with Crippen LogP contribution in [0.25, 0.3) is 0 Å². The zero-order chi connectivity index (χ0) is 34.7. The van der Waals surface area contributed by atoms with Crippen LogP contribution < -0.4 is 16.0 Å². The van der Waals surface area contributed by atoms with E-state index in [2.05, 4.69) is 16.0 Å². The van der Waals surface area contributed by atoms with Crippen LogP contribution in [-0.4, -0.2) is 101 Å². The van der Waals surface area contributed by atoms with Gasteiger partial charge in [-0.25, -0.2) is 8.78 Å². The highest BCUT2D eigenvalue weighted by Crippen LogP contribution is 2.30. The van der Waals surface area contributed by atoms with Gasteiger partial charge in [0.05, 0.1) is 36.4 Å². The number of carboxylic acid groups (broad SMARTS) is 2. The Morgan fingerprint density at radius 3 is 1.98 bits per heavy atom. The zero-order valence-electron chi connectivity index (χ0n) is 26.4. The highest BCUT2D eigenvalue weighted by atomic mass is 19.1. The molecule has 0 bridgehead atoms. The van der Waals surface area contributed by atoms with Gasteiger partial charge < -0.3 is 36.1 Å². The minimum absolute atomic E-state index is 0.0204. The van der Waals surface area contributed by atoms with Gasteiger partial charge in [0, 0.05) is 18.5 Å². The van der Waals surface area contributed by atoms with Gasteiger partial charge in [0.15, 0.2) is 0 Å². The maximum absolute atomic E-state index is 13.9. The van der Waals surface area contributed by atoms with E-state index in [1.165, 1.54) is 0 Å². The summed E-state index contributed by atoms with van der Waals surface area (Å²) in [5.41, 5.74) is 0.104. The lowest BCUT2D eigenvalue weighted by Gasteiger charge is -2.33. The van der Waals surface area contributed by atoms with Gasteiger partial charge in [0.2, 0.25) is 17.7 Å². The Labute approximate surface area is 266 Å². The maximum atomic E-state index is 13.9. The molecular formula is C31H44F2N4O9. The van der Waals surface area contributed by atoms with Gasteiger partial charge in [-0.15, -0.1) is 0 Å². The number of amides is 3. The number of carboxylic acids is 2. The van der Waals surface area contributed by atoms with E-state index in [0.29, 0.717) is 12.4 Å². The number of aliphatic hydroxyl groups is 1. The molecule has 1 aromatic rings. The second-order valence-electron chi connectivity index (χ2n) is 12.4. The first kappa shape index (κ1) is 38.2. The van der Waals surface area contributed by atoms with E-state index >= 15 is 0 Å². The second kappa shape index (κ2) is 17.6. The van der Waals surface area contributed by atoms with Crippen LogP contribution in [-0.2, 0) is 35.2 Å². The van der Waals surface area contributed by atoms with Crippen LogP contribution in [0.3, 0.4) is 0 Å². The molecule has 46 heavy (non-hydrogen) atoms. The van der Waals surface area contributed by atoms with E-state index in [4.69, 9.17) is 0 Å². The van der Waals surface area contributed by atoms with Crippen molar-refractivity contribution in [3.63, 3.8) is 0 Å². The van der Waals surface area contributed by atoms with Gasteiger partial charge in [0.1, 0.15) is 24.0 Å². The van der Waals surface area contributed by atoms with E-state index < -0.39 is 95.7 Å². The first-order chi connectivity index (χ1) is 21.5. The Balaban J connectivity index is 2.14. The largest absolute Gasteiger partial charge is 0.481 e. The molecule has 3 unspecified atom stereocenters. The number of likely N-dealkylation sites (N-methyl/N-ethyl adjacent to an activating group) is 1. The summed E-state index contributed by atoms with van der Waals surface area (Å²) in [7, 11) is 3.33. The Morgan fingerprint density at radius 2 is 1.50 bits per heavy atom. The molecule has 0 saturated heterocycles. The van der Waals surface area contributed by atoms with Crippen LogP contribution in [0.5, 0.6) is 0 Å². The quantitative estimate of drug-likeness (QED) is 0.131. The van der Waals surface area contributed by atoms with E-state index in [0.717, 1.165) is 12.1 Å². The van der Waals surface area contributed by atoms with E-state index in [1.807, 2.05) is 0 Å². The van der Waals surface area contributed by atoms with Gasteiger partial charge in [-0.2, -0.15) is 0 Å². The predicted molar refractivity (Wildman–Crippen MR) is 160 cm³/mol. The number of rotatable bonds is 17. The van der Waals surface area contributed by atoms with Crippen LogP contribution in [0.2, 0.25) is 0 Å². The van der Waals surface area contributed by atoms with Crippen molar-refractivity contribution in [3.8, 4) is 0 Å². The molecule has 1 aromatic carbocycles. The first-order valence-electron chi connectivity index (χ1n) is 15.1. The van der Waals surface area contributed by atoms with Crippen molar-refractivity contribution in [2.75, 3.05) is 14.1 Å². The lowest BCUT2D eigenvalue weighted by molar-refractivity contribution is -0.149. The number of aldehydes is 1. The van der Waals surface area contributed by atoms with Gasteiger partial charge >= 0.3 is 11.9 Å². The van der Waals surface area contributed by atoms with Crippen LogP contribution >= 0.6 is 0 Å². The van der Waals surface area contributed by atoms with Crippen LogP contribution in [0.4, 0.5) is 8.78 Å². The number of carbonyl (C=O) groups is 6. The van der Waals surface area contributed by atoms with Crippen molar-refractivity contribution < 1.29 is 52.9 Å². The van der Waals surface area contributed by atoms with Crippen LogP contribution in [0.1, 0.15) is 57.9 Å². The molecule has 15 heteroatoms. The number of nitrogens with one attached hydrogen (secondary N) is 3. The molecule has 0 aliphatic heterocycles. The van der Waals surface area contributed by atoms with E-state index in [9.17, 15) is 52.9 Å². The minimum Gasteiger partial charge on any atom is -0.481 e. The standard InChI is InChI=1S/C31H44F2N4O9/c1-16(2)28(29(42)34-22-11-18(30(43)44)10-19(12-22)31(45)46)36-27(41)14-25(39)24(9-17-7-20(32)13-21(33)8-17)35-26(40)6-5-23(15-38)37(3)4/h7-8,13,15-16,18-19,22-25,28,39H,5-6,9-12,14H2,1-4H3,(H,34,42)(H,35,40)(H,36,41)(H,43,44)(H,45,46)/t18?,19?,22?,23?,24-,25-,28-/m0/s1. The molecule has 2 rings (SSSR count). The summed E-state index contributed by atoms with van der Waals surface area (Å²) in [6.07, 6.45) is -1.71. The Hall–Kier alpha value is -3.98. The lowest BCUT2D eigenvalue weighted by Crippen LogP contribution is -2.55. The fourth-order valence-corrected chi connectivity index (χ4v) is 5.50. The number of benzene rings is 1. The third-order valence-electron chi connectivity index (χ3n) is 8.09. The molecular weight excluding hydrogens is 610 g/mol. The van der Waals surface area contributed by atoms with E-state index in [-0.39, 0.29) is 44.1 Å². The van der Waals surface area contributed by atoms with Crippen LogP contribution in [0, 0.1) is 29.4 Å². The fourth-order valence-electron chi connectivity index (χ4n) is 5.50. The number of nitrogens with zero attached hydrogens (tertiary/aromatic N) is 1. The molecule has 0 radical (unpaired) electrons. The Kier molecular flexibility index (Phi) is 14.7. The van der Waals surface area contributed by atoms with Crippen LogP contribution in [0.15, 0.2) is 18.2 Å². The normalized spacial score (nSPS) is 20.7. The molecule has 256 valence electrons. The molecule has 3 amide bonds. The van der Waals surface area contributed by atoms with Gasteiger partial charge in [-0.05, 0) is 69.8 Å².